The van der Waals surface area contributed by atoms with Crippen molar-refractivity contribution in [2.24, 2.45) is 26.6 Å². The average Bonchev–Trinajstić information content (AvgIpc) is 3.04. The van der Waals surface area contributed by atoms with Crippen LogP contribution in [0.25, 0.3) is 0 Å². The number of aliphatic imine (C=N–C) groups is 2. The fourth-order valence-electron chi connectivity index (χ4n) is 4.01. The Hall–Kier alpha value is -3.43. The Bertz CT molecular complexity index is 931. The van der Waals surface area contributed by atoms with Gasteiger partial charge in [0.25, 0.3) is 5.91 Å². The Kier molecular flexibility index (Phi) is 4.25. The van der Waals surface area contributed by atoms with E-state index in [2.05, 4.69) is 15.1 Å². The molecule has 2 heterocycles. The number of carboxylic acid groups (broad SMARTS) is 1. The maximum Gasteiger partial charge on any atom is 0.352 e. The number of carboxylic acids is 1. The molecule has 0 unspecified atom stereocenters. The van der Waals surface area contributed by atoms with Crippen LogP contribution in [0.1, 0.15) is 38.5 Å². The van der Waals surface area contributed by atoms with Crippen LogP contribution >= 0.6 is 0 Å². The smallest absolute Gasteiger partial charge is 0.352 e. The minimum atomic E-state index is -1.20. The van der Waals surface area contributed by atoms with Crippen molar-refractivity contribution in [3.63, 3.8) is 0 Å². The van der Waals surface area contributed by atoms with E-state index in [4.69, 9.17) is 16.6 Å². The van der Waals surface area contributed by atoms with Crippen LogP contribution in [0, 0.1) is 0 Å². The highest BCUT2D eigenvalue weighted by Crippen LogP contribution is 2.40. The summed E-state index contributed by atoms with van der Waals surface area (Å²) in [4.78, 5) is 34.0. The number of benzene rings is 1. The van der Waals surface area contributed by atoms with Gasteiger partial charge in [0, 0.05) is 5.69 Å². The Labute approximate surface area is 161 Å². The zero-order chi connectivity index (χ0) is 19.9. The third-order valence-electron chi connectivity index (χ3n) is 5.21. The molecule has 3 aliphatic rings. The lowest BCUT2D eigenvalue weighted by atomic mass is 9.87. The highest BCUT2D eigenvalue weighted by molar-refractivity contribution is 6.42. The molecule has 146 valence electrons. The first-order valence-corrected chi connectivity index (χ1v) is 9.13. The van der Waals surface area contributed by atoms with Crippen molar-refractivity contribution in [2.75, 3.05) is 9.91 Å². The molecule has 4 rings (SSSR count). The van der Waals surface area contributed by atoms with E-state index in [0.29, 0.717) is 11.4 Å². The summed E-state index contributed by atoms with van der Waals surface area (Å²) in [6.07, 6.45) is 4.46. The molecule has 10 heteroatoms. The van der Waals surface area contributed by atoms with Crippen LogP contribution in [0.3, 0.4) is 0 Å². The number of hydrogen-bond acceptors (Lipinski definition) is 8. The fourth-order valence-corrected chi connectivity index (χ4v) is 4.01. The van der Waals surface area contributed by atoms with Crippen LogP contribution < -0.4 is 21.4 Å². The van der Waals surface area contributed by atoms with Crippen molar-refractivity contribution in [1.82, 2.24) is 0 Å². The largest absolute Gasteiger partial charge is 0.477 e. The minimum Gasteiger partial charge on any atom is -0.477 e. The second kappa shape index (κ2) is 6.63. The van der Waals surface area contributed by atoms with Crippen molar-refractivity contribution in [3.8, 4) is 0 Å². The molecule has 1 spiro atoms. The highest BCUT2D eigenvalue weighted by Gasteiger charge is 2.42. The molecule has 0 radical (unpaired) electrons. The average molecular weight is 383 g/mol. The van der Waals surface area contributed by atoms with Gasteiger partial charge >= 0.3 is 5.97 Å². The molecule has 1 aromatic carbocycles. The SMILES string of the molecule is NC1=NC2(CCCCC2)N(c2cccc(N3N=C(C(=O)O)CC3=O)c2)C(N)=N1. The van der Waals surface area contributed by atoms with Crippen LogP contribution in [-0.2, 0) is 9.59 Å². The molecule has 1 fully saturated rings. The van der Waals surface area contributed by atoms with Gasteiger partial charge in [0.2, 0.25) is 11.9 Å². The van der Waals surface area contributed by atoms with E-state index < -0.39 is 17.5 Å². The molecule has 1 saturated carbocycles. The molecule has 0 saturated heterocycles. The molecular weight excluding hydrogens is 362 g/mol. The van der Waals surface area contributed by atoms with Gasteiger partial charge in [0.1, 0.15) is 5.66 Å². The van der Waals surface area contributed by atoms with E-state index in [1.807, 2.05) is 11.0 Å². The van der Waals surface area contributed by atoms with Crippen LogP contribution in [0.5, 0.6) is 0 Å². The van der Waals surface area contributed by atoms with Crippen molar-refractivity contribution < 1.29 is 14.7 Å². The quantitative estimate of drug-likeness (QED) is 0.708. The molecule has 0 atom stereocenters. The molecule has 1 aromatic rings. The van der Waals surface area contributed by atoms with Gasteiger partial charge in [-0.25, -0.2) is 9.79 Å². The molecule has 2 aliphatic heterocycles. The third-order valence-corrected chi connectivity index (χ3v) is 5.21. The normalized spacial score (nSPS) is 21.4. The van der Waals surface area contributed by atoms with Gasteiger partial charge in [-0.15, -0.1) is 0 Å². The number of nitrogens with zero attached hydrogens (tertiary/aromatic N) is 5. The van der Waals surface area contributed by atoms with Gasteiger partial charge in [-0.1, -0.05) is 12.5 Å². The number of aliphatic carboxylic acids is 1. The van der Waals surface area contributed by atoms with E-state index in [1.165, 1.54) is 0 Å². The summed E-state index contributed by atoms with van der Waals surface area (Å²) in [5.41, 5.74) is 12.5. The molecule has 1 aliphatic carbocycles. The van der Waals surface area contributed by atoms with E-state index in [9.17, 15) is 9.59 Å². The lowest BCUT2D eigenvalue weighted by Crippen LogP contribution is -2.58. The van der Waals surface area contributed by atoms with E-state index in [0.717, 1.165) is 37.1 Å². The van der Waals surface area contributed by atoms with E-state index in [1.54, 1.807) is 18.2 Å². The maximum atomic E-state index is 12.2. The van der Waals surface area contributed by atoms with E-state index >= 15 is 0 Å². The Morgan fingerprint density at radius 1 is 1.14 bits per heavy atom. The van der Waals surface area contributed by atoms with Gasteiger partial charge in [0.05, 0.1) is 12.1 Å². The van der Waals surface area contributed by atoms with Gasteiger partial charge in [-0.3, -0.25) is 9.69 Å². The molecule has 0 aromatic heterocycles. The number of guanidine groups is 2. The highest BCUT2D eigenvalue weighted by atomic mass is 16.4. The Morgan fingerprint density at radius 2 is 1.86 bits per heavy atom. The van der Waals surface area contributed by atoms with Crippen LogP contribution in [0.4, 0.5) is 11.4 Å². The fraction of sp³-hybridized carbons (Fsp3) is 0.389. The van der Waals surface area contributed by atoms with Crippen molar-refractivity contribution in [1.29, 1.82) is 0 Å². The van der Waals surface area contributed by atoms with Crippen LogP contribution in [0.2, 0.25) is 0 Å². The van der Waals surface area contributed by atoms with Gasteiger partial charge in [0.15, 0.2) is 5.71 Å². The van der Waals surface area contributed by atoms with Crippen molar-refractivity contribution in [3.05, 3.63) is 24.3 Å². The zero-order valence-corrected chi connectivity index (χ0v) is 15.2. The predicted molar refractivity (Wildman–Crippen MR) is 105 cm³/mol. The lowest BCUT2D eigenvalue weighted by Gasteiger charge is -2.45. The number of carbonyl (C=O) groups excluding carboxylic acids is 1. The van der Waals surface area contributed by atoms with Gasteiger partial charge in [-0.05, 0) is 43.9 Å². The summed E-state index contributed by atoms with van der Waals surface area (Å²) >= 11 is 0. The first-order valence-electron chi connectivity index (χ1n) is 9.13. The zero-order valence-electron chi connectivity index (χ0n) is 15.2. The summed E-state index contributed by atoms with van der Waals surface area (Å²) in [5.74, 6) is -1.19. The lowest BCUT2D eigenvalue weighted by molar-refractivity contribution is -0.129. The van der Waals surface area contributed by atoms with E-state index in [-0.39, 0.29) is 24.1 Å². The first kappa shape index (κ1) is 18.0. The molecule has 1 amide bonds. The number of anilines is 2. The number of rotatable bonds is 3. The van der Waals surface area contributed by atoms with Crippen molar-refractivity contribution in [2.45, 2.75) is 44.2 Å². The minimum absolute atomic E-state index is 0.164. The summed E-state index contributed by atoms with van der Waals surface area (Å²) < 4.78 is 0. The predicted octanol–water partition coefficient (Wildman–Crippen LogP) is 0.974. The Balaban J connectivity index is 1.73. The topological polar surface area (TPSA) is 150 Å². The number of amides is 1. The number of hydrazone groups is 1. The first-order chi connectivity index (χ1) is 13.4. The maximum absolute atomic E-state index is 12.2. The summed E-state index contributed by atoms with van der Waals surface area (Å²) in [6.45, 7) is 0. The summed E-state index contributed by atoms with van der Waals surface area (Å²) in [6, 6.07) is 7.04. The molecule has 28 heavy (non-hydrogen) atoms. The molecule has 0 bridgehead atoms. The Morgan fingerprint density at radius 3 is 2.54 bits per heavy atom. The second-order valence-electron chi connectivity index (χ2n) is 7.07. The van der Waals surface area contributed by atoms with Crippen LogP contribution in [0.15, 0.2) is 39.4 Å². The number of carbonyl (C=O) groups is 2. The number of hydrogen-bond donors (Lipinski definition) is 3. The monoisotopic (exact) mass is 383 g/mol. The summed E-state index contributed by atoms with van der Waals surface area (Å²) in [7, 11) is 0. The van der Waals surface area contributed by atoms with Crippen molar-refractivity contribution >= 4 is 40.9 Å². The van der Waals surface area contributed by atoms with Gasteiger partial charge < -0.3 is 16.6 Å². The molecule has 10 nitrogen and oxygen atoms in total. The molecule has 5 N–H and O–H groups in total. The second-order valence-corrected chi connectivity index (χ2v) is 7.07. The molecular formula is C18H21N7O3. The summed E-state index contributed by atoms with van der Waals surface area (Å²) in [5, 5.41) is 14.1. The van der Waals surface area contributed by atoms with Gasteiger partial charge in [-0.2, -0.15) is 15.1 Å². The standard InChI is InChI=1S/C18H21N7O3/c19-16-21-17(20)24(18(22-16)7-2-1-3-8-18)11-5-4-6-12(9-11)25-14(26)10-13(23-25)15(27)28/h4-6,9H,1-3,7-8,10H2,(H,27,28)(H4,19,20,21,22). The third kappa shape index (κ3) is 2.96. The number of nitrogens with two attached hydrogens (primary N) is 2. The van der Waals surface area contributed by atoms with Crippen LogP contribution in [-0.4, -0.2) is 40.3 Å².